The standard InChI is InChI=1S/C16H17BrN2/c1-11-9-15(17)16(10-12(11)2)19-13(3)18-14-7-5-4-6-8-14/h4-10H,1-3H3,(H,18,19). The summed E-state index contributed by atoms with van der Waals surface area (Å²) in [4.78, 5) is 4.61. The Morgan fingerprint density at radius 1 is 1.05 bits per heavy atom. The van der Waals surface area contributed by atoms with E-state index in [4.69, 9.17) is 0 Å². The van der Waals surface area contributed by atoms with Crippen LogP contribution in [0.25, 0.3) is 0 Å². The van der Waals surface area contributed by atoms with E-state index in [-0.39, 0.29) is 0 Å². The molecule has 0 amide bonds. The van der Waals surface area contributed by atoms with E-state index in [0.29, 0.717) is 0 Å². The molecule has 19 heavy (non-hydrogen) atoms. The Morgan fingerprint density at radius 2 is 1.68 bits per heavy atom. The van der Waals surface area contributed by atoms with Gasteiger partial charge in [0.2, 0.25) is 0 Å². The van der Waals surface area contributed by atoms with E-state index in [1.807, 2.05) is 37.3 Å². The number of amidine groups is 1. The Balaban J connectivity index is 2.24. The number of halogens is 1. The lowest BCUT2D eigenvalue weighted by Crippen LogP contribution is -2.06. The van der Waals surface area contributed by atoms with Crippen LogP contribution < -0.4 is 5.32 Å². The number of aryl methyl sites for hydroxylation is 2. The van der Waals surface area contributed by atoms with Crippen LogP contribution in [-0.2, 0) is 0 Å². The highest BCUT2D eigenvalue weighted by Crippen LogP contribution is 2.28. The molecule has 0 spiro atoms. The molecule has 0 fully saturated rings. The largest absolute Gasteiger partial charge is 0.344 e. The monoisotopic (exact) mass is 316 g/mol. The van der Waals surface area contributed by atoms with E-state index in [9.17, 15) is 0 Å². The van der Waals surface area contributed by atoms with Crippen molar-refractivity contribution < 1.29 is 0 Å². The fourth-order valence-electron chi connectivity index (χ4n) is 1.79. The topological polar surface area (TPSA) is 24.4 Å². The molecule has 0 aliphatic heterocycles. The molecule has 98 valence electrons. The first-order valence-corrected chi connectivity index (χ1v) is 6.99. The van der Waals surface area contributed by atoms with Crippen LogP contribution >= 0.6 is 15.9 Å². The molecule has 3 heteroatoms. The Labute approximate surface area is 122 Å². The average Bonchev–Trinajstić information content (AvgIpc) is 2.37. The van der Waals surface area contributed by atoms with Crippen molar-refractivity contribution in [1.29, 1.82) is 0 Å². The maximum absolute atomic E-state index is 4.61. The summed E-state index contributed by atoms with van der Waals surface area (Å²) in [5.74, 6) is 0.871. The smallest absolute Gasteiger partial charge is 0.103 e. The zero-order valence-electron chi connectivity index (χ0n) is 11.4. The van der Waals surface area contributed by atoms with Gasteiger partial charge in [0, 0.05) is 10.2 Å². The van der Waals surface area contributed by atoms with Crippen LogP contribution in [0.1, 0.15) is 18.1 Å². The quantitative estimate of drug-likeness (QED) is 0.595. The van der Waals surface area contributed by atoms with E-state index in [1.54, 1.807) is 0 Å². The Bertz CT molecular complexity index is 604. The van der Waals surface area contributed by atoms with Gasteiger partial charge in [-0.1, -0.05) is 18.2 Å². The zero-order chi connectivity index (χ0) is 13.8. The Morgan fingerprint density at radius 3 is 2.37 bits per heavy atom. The van der Waals surface area contributed by atoms with Crippen LogP contribution in [0.15, 0.2) is 51.9 Å². The maximum Gasteiger partial charge on any atom is 0.103 e. The second-order valence-corrected chi connectivity index (χ2v) is 5.43. The molecule has 0 atom stereocenters. The molecule has 0 aliphatic rings. The van der Waals surface area contributed by atoms with Crippen molar-refractivity contribution in [3.8, 4) is 0 Å². The van der Waals surface area contributed by atoms with Gasteiger partial charge < -0.3 is 5.32 Å². The van der Waals surface area contributed by atoms with E-state index >= 15 is 0 Å². The van der Waals surface area contributed by atoms with Crippen LogP contribution in [0.2, 0.25) is 0 Å². The number of benzene rings is 2. The van der Waals surface area contributed by atoms with Gasteiger partial charge in [0.25, 0.3) is 0 Å². The van der Waals surface area contributed by atoms with E-state index in [0.717, 1.165) is 21.7 Å². The van der Waals surface area contributed by atoms with Crippen LogP contribution in [-0.4, -0.2) is 5.84 Å². The van der Waals surface area contributed by atoms with Crippen molar-refractivity contribution >= 4 is 33.1 Å². The lowest BCUT2D eigenvalue weighted by molar-refractivity contribution is 1.31. The summed E-state index contributed by atoms with van der Waals surface area (Å²) in [6.45, 7) is 6.16. The number of aliphatic imine (C=N–C) groups is 1. The summed E-state index contributed by atoms with van der Waals surface area (Å²) in [7, 11) is 0. The summed E-state index contributed by atoms with van der Waals surface area (Å²) in [6.07, 6.45) is 0. The van der Waals surface area contributed by atoms with Gasteiger partial charge in [0.1, 0.15) is 5.84 Å². The van der Waals surface area contributed by atoms with E-state index in [1.165, 1.54) is 11.1 Å². The number of hydrogen-bond donors (Lipinski definition) is 1. The fourth-order valence-corrected chi connectivity index (χ4v) is 2.34. The number of nitrogens with one attached hydrogen (secondary N) is 1. The highest BCUT2D eigenvalue weighted by atomic mass is 79.9. The van der Waals surface area contributed by atoms with Crippen molar-refractivity contribution in [3.63, 3.8) is 0 Å². The van der Waals surface area contributed by atoms with Crippen molar-refractivity contribution in [2.24, 2.45) is 4.99 Å². The van der Waals surface area contributed by atoms with Gasteiger partial charge in [-0.2, -0.15) is 0 Å². The summed E-state index contributed by atoms with van der Waals surface area (Å²) >= 11 is 3.56. The van der Waals surface area contributed by atoms with Crippen molar-refractivity contribution in [1.82, 2.24) is 0 Å². The van der Waals surface area contributed by atoms with Crippen LogP contribution in [0.4, 0.5) is 11.4 Å². The molecule has 2 rings (SSSR count). The number of rotatable bonds is 2. The van der Waals surface area contributed by atoms with Crippen LogP contribution in [0, 0.1) is 13.8 Å². The van der Waals surface area contributed by atoms with Crippen molar-refractivity contribution in [2.75, 3.05) is 5.32 Å². The predicted molar refractivity (Wildman–Crippen MR) is 86.4 cm³/mol. The normalized spacial score (nSPS) is 11.5. The molecule has 0 saturated carbocycles. The minimum absolute atomic E-state index is 0.871. The Kier molecular flexibility index (Phi) is 4.38. The lowest BCUT2D eigenvalue weighted by Gasteiger charge is -2.08. The molecule has 2 aromatic carbocycles. The first kappa shape index (κ1) is 13.8. The second kappa shape index (κ2) is 6.02. The molecular weight excluding hydrogens is 300 g/mol. The first-order valence-electron chi connectivity index (χ1n) is 6.20. The molecule has 0 unspecified atom stereocenters. The predicted octanol–water partition coefficient (Wildman–Crippen LogP) is 5.23. The molecule has 0 heterocycles. The lowest BCUT2D eigenvalue weighted by atomic mass is 10.1. The summed E-state index contributed by atoms with van der Waals surface area (Å²) in [5.41, 5.74) is 4.50. The van der Waals surface area contributed by atoms with Crippen LogP contribution in [0.3, 0.4) is 0 Å². The molecule has 0 radical (unpaired) electrons. The number of anilines is 1. The fraction of sp³-hybridized carbons (Fsp3) is 0.188. The molecule has 1 N–H and O–H groups in total. The third-order valence-corrected chi connectivity index (χ3v) is 3.59. The van der Waals surface area contributed by atoms with E-state index in [2.05, 4.69) is 52.2 Å². The minimum atomic E-state index is 0.871. The third kappa shape index (κ3) is 3.67. The number of hydrogen-bond acceptors (Lipinski definition) is 1. The van der Waals surface area contributed by atoms with Gasteiger partial charge in [-0.25, -0.2) is 4.99 Å². The molecule has 0 saturated heterocycles. The molecule has 0 aromatic heterocycles. The molecule has 2 nitrogen and oxygen atoms in total. The van der Waals surface area contributed by atoms with Crippen molar-refractivity contribution in [2.45, 2.75) is 20.8 Å². The summed E-state index contributed by atoms with van der Waals surface area (Å²) in [6, 6.07) is 14.2. The zero-order valence-corrected chi connectivity index (χ0v) is 13.0. The van der Waals surface area contributed by atoms with Gasteiger partial charge in [0.15, 0.2) is 0 Å². The van der Waals surface area contributed by atoms with Crippen LogP contribution in [0.5, 0.6) is 0 Å². The van der Waals surface area contributed by atoms with Gasteiger partial charge in [-0.15, -0.1) is 0 Å². The summed E-state index contributed by atoms with van der Waals surface area (Å²) in [5, 5.41) is 3.28. The number of nitrogens with zero attached hydrogens (tertiary/aromatic N) is 1. The van der Waals surface area contributed by atoms with E-state index < -0.39 is 0 Å². The van der Waals surface area contributed by atoms with Crippen molar-refractivity contribution in [3.05, 3.63) is 58.1 Å². The maximum atomic E-state index is 4.61. The highest BCUT2D eigenvalue weighted by molar-refractivity contribution is 9.10. The minimum Gasteiger partial charge on any atom is -0.344 e. The first-order chi connectivity index (χ1) is 9.06. The molecular formula is C16H17BrN2. The van der Waals surface area contributed by atoms with Gasteiger partial charge in [0.05, 0.1) is 5.69 Å². The van der Waals surface area contributed by atoms with Gasteiger partial charge >= 0.3 is 0 Å². The molecule has 2 aromatic rings. The highest BCUT2D eigenvalue weighted by Gasteiger charge is 2.02. The average molecular weight is 317 g/mol. The third-order valence-electron chi connectivity index (χ3n) is 2.95. The number of para-hydroxylation sites is 1. The molecule has 0 aliphatic carbocycles. The summed E-state index contributed by atoms with van der Waals surface area (Å²) < 4.78 is 1.02. The SMILES string of the molecule is CC(=Nc1cc(C)c(C)cc1Br)Nc1ccccc1. The van der Waals surface area contributed by atoms with Gasteiger partial charge in [-0.05, 0) is 72.1 Å². The van der Waals surface area contributed by atoms with Gasteiger partial charge in [-0.3, -0.25) is 0 Å². The Hall–Kier alpha value is -1.61. The second-order valence-electron chi connectivity index (χ2n) is 4.58. The molecule has 0 bridgehead atoms.